The Morgan fingerprint density at radius 1 is 0.242 bits per heavy atom. The molecule has 20 nitrogen and oxygen atoms in total. The average molecular weight is 1580 g/mol. The van der Waals surface area contributed by atoms with E-state index in [0.29, 0.717) is 203 Å². The van der Waals surface area contributed by atoms with Gasteiger partial charge in [-0.25, -0.2) is 49.8 Å². The first-order valence-corrected chi connectivity index (χ1v) is 41.8. The minimum absolute atomic E-state index is 0.309. The lowest BCUT2D eigenvalue weighted by atomic mass is 10.1. The first kappa shape index (κ1) is 75.6. The number of ether oxygens (including phenoxy) is 4. The third-order valence-electron chi connectivity index (χ3n) is 22.0. The van der Waals surface area contributed by atoms with Gasteiger partial charge in [0.15, 0.2) is 46.3 Å². The third-order valence-corrected chi connectivity index (χ3v) is 22.0. The average Bonchev–Trinajstić information content (AvgIpc) is 1.54. The first-order chi connectivity index (χ1) is 59.2. The van der Waals surface area contributed by atoms with Gasteiger partial charge in [0.1, 0.15) is 68.4 Å². The summed E-state index contributed by atoms with van der Waals surface area (Å²) in [6, 6.07) is 72.0. The molecule has 17 aromatic rings. The minimum Gasteiger partial charge on any atom is -0.453 e. The number of nitrogens with one attached hydrogen (secondary N) is 2. The molecule has 9 aromatic heterocycles. The summed E-state index contributed by atoms with van der Waals surface area (Å²) in [5.41, 5.74) is 15.9. The van der Waals surface area contributed by atoms with Gasteiger partial charge in [-0.2, -0.15) is 0 Å². The molecule has 0 atom stereocenters. The largest absolute Gasteiger partial charge is 0.453 e. The molecular formula is C100H86N16O4. The number of aryl methyl sites for hydroxylation is 4. The summed E-state index contributed by atoms with van der Waals surface area (Å²) < 4.78 is 28.3. The van der Waals surface area contributed by atoms with Crippen LogP contribution in [-0.2, 0) is 25.7 Å². The van der Waals surface area contributed by atoms with E-state index in [1.165, 1.54) is 22.3 Å². The third kappa shape index (κ3) is 15.9. The fourth-order valence-corrected chi connectivity index (χ4v) is 15.7. The number of hydrogen-bond donors (Lipinski definition) is 2. The predicted octanol–water partition coefficient (Wildman–Crippen LogP) is 25.1. The van der Waals surface area contributed by atoms with Gasteiger partial charge in [-0.1, -0.05) is 152 Å². The van der Waals surface area contributed by atoms with Crippen molar-refractivity contribution < 1.29 is 18.9 Å². The highest BCUT2D eigenvalue weighted by atomic mass is 16.5. The molecule has 0 unspecified atom stereocenters. The van der Waals surface area contributed by atoms with Gasteiger partial charge in [-0.05, 0) is 219 Å². The first-order valence-electron chi connectivity index (χ1n) is 41.8. The van der Waals surface area contributed by atoms with Gasteiger partial charge < -0.3 is 28.9 Å². The summed E-state index contributed by atoms with van der Waals surface area (Å²) in [5.74, 6) is 5.44. The number of nitrogens with zero attached hydrogens (tertiary/aromatic N) is 14. The molecule has 11 heterocycles. The normalized spacial score (nSPS) is 11.7. The maximum atomic E-state index is 7.07. The lowest BCUT2D eigenvalue weighted by Gasteiger charge is -2.15. The highest BCUT2D eigenvalue weighted by molar-refractivity contribution is 6.12. The number of unbranched alkanes of at least 4 members (excludes halogenated alkanes) is 8. The molecule has 120 heavy (non-hydrogen) atoms. The molecule has 0 saturated heterocycles. The zero-order chi connectivity index (χ0) is 80.8. The molecule has 2 aliphatic heterocycles. The number of hydrogen-bond acceptors (Lipinski definition) is 18. The quantitative estimate of drug-likeness (QED) is 0.0433. The summed E-state index contributed by atoms with van der Waals surface area (Å²) in [4.78, 5) is 82.1. The van der Waals surface area contributed by atoms with E-state index in [-0.39, 0.29) is 0 Å². The van der Waals surface area contributed by atoms with Crippen molar-refractivity contribution in [1.82, 2.24) is 79.7 Å². The van der Waals surface area contributed by atoms with E-state index in [1.807, 2.05) is 170 Å². The van der Waals surface area contributed by atoms with Crippen molar-refractivity contribution in [3.63, 3.8) is 0 Å². The summed E-state index contributed by atoms with van der Waals surface area (Å²) in [6.07, 6.45) is 24.4. The van der Waals surface area contributed by atoms with Crippen LogP contribution in [0.2, 0.25) is 0 Å². The Kier molecular flexibility index (Phi) is 21.5. The van der Waals surface area contributed by atoms with Crippen LogP contribution in [0.3, 0.4) is 0 Å². The molecule has 0 radical (unpaired) electrons. The van der Waals surface area contributed by atoms with E-state index in [4.69, 9.17) is 88.7 Å². The number of benzene rings is 8. The molecule has 19 rings (SSSR count). The van der Waals surface area contributed by atoms with Crippen molar-refractivity contribution in [2.45, 2.75) is 130 Å². The van der Waals surface area contributed by atoms with Gasteiger partial charge in [0.2, 0.25) is 0 Å². The lowest BCUT2D eigenvalue weighted by Crippen LogP contribution is -1.98. The Hall–Kier alpha value is -14.4. The van der Waals surface area contributed by atoms with E-state index < -0.39 is 0 Å². The number of aromatic amines is 2. The van der Waals surface area contributed by atoms with Crippen molar-refractivity contribution in [3.05, 3.63) is 265 Å². The van der Waals surface area contributed by atoms with Crippen LogP contribution in [0.1, 0.15) is 127 Å². The van der Waals surface area contributed by atoms with Gasteiger partial charge >= 0.3 is 0 Å². The van der Waals surface area contributed by atoms with Crippen LogP contribution in [0.5, 0.6) is 46.0 Å². The van der Waals surface area contributed by atoms with Crippen molar-refractivity contribution in [3.8, 4) is 137 Å². The monoisotopic (exact) mass is 1570 g/mol. The summed E-state index contributed by atoms with van der Waals surface area (Å²) >= 11 is 0. The molecule has 2 N–H and O–H groups in total. The van der Waals surface area contributed by atoms with E-state index in [1.54, 1.807) is 24.8 Å². The van der Waals surface area contributed by atoms with E-state index in [0.717, 1.165) is 103 Å². The Bertz CT molecular complexity index is 6010. The maximum Gasteiger partial charge on any atom is 0.170 e. The van der Waals surface area contributed by atoms with Crippen LogP contribution < -0.4 is 18.9 Å². The van der Waals surface area contributed by atoms with Crippen LogP contribution in [-0.4, -0.2) is 79.7 Å². The highest BCUT2D eigenvalue weighted by Crippen LogP contribution is 2.49. The molecule has 8 bridgehead atoms. The molecule has 590 valence electrons. The zero-order valence-corrected chi connectivity index (χ0v) is 67.3. The molecule has 0 saturated carbocycles. The molecule has 0 aliphatic carbocycles. The SMILES string of the molecule is CCCCCc1ccc(Oc2cc3c(cc2Oc2ccc(CCCCC)cc2)-c2nc-3nc3[nH]c(nc4nc(nc5[nH]c(n2)c2cc6nc(-c7ccccn7)c(-c7ccccn7)nc6cc52)-c2cc(Oc5ccc(CCCCC)cc5)c(Oc5ccc(CCCCC)cc5)cc2-4)c2cc4nc(-c5ccccn5)c(-c5ccccn5)nc4cc32)cc1. The number of aromatic nitrogens is 16. The highest BCUT2D eigenvalue weighted by Gasteiger charge is 2.30. The number of H-pyrrole nitrogens is 2. The molecule has 8 aromatic carbocycles. The zero-order valence-electron chi connectivity index (χ0n) is 67.3. The predicted molar refractivity (Wildman–Crippen MR) is 474 cm³/mol. The molecule has 2 aliphatic rings. The van der Waals surface area contributed by atoms with E-state index >= 15 is 0 Å². The van der Waals surface area contributed by atoms with Gasteiger partial charge in [0.25, 0.3) is 0 Å². The second-order valence-electron chi connectivity index (χ2n) is 30.6. The van der Waals surface area contributed by atoms with E-state index in [2.05, 4.69) is 86.2 Å². The van der Waals surface area contributed by atoms with Crippen LogP contribution in [0.15, 0.2) is 243 Å². The van der Waals surface area contributed by atoms with Gasteiger partial charge in [-0.3, -0.25) is 19.9 Å². The molecular weight excluding hydrogens is 1490 g/mol. The van der Waals surface area contributed by atoms with Gasteiger partial charge in [0, 0.05) is 68.6 Å². The summed E-state index contributed by atoms with van der Waals surface area (Å²) in [6.45, 7) is 8.90. The number of pyridine rings is 4. The molecule has 0 fully saturated rings. The topological polar surface area (TPSA) is 249 Å². The molecule has 0 amide bonds. The van der Waals surface area contributed by atoms with Crippen LogP contribution in [0.25, 0.3) is 157 Å². The second-order valence-corrected chi connectivity index (χ2v) is 30.6. The van der Waals surface area contributed by atoms with Crippen molar-refractivity contribution >= 4 is 66.2 Å². The Morgan fingerprint density at radius 2 is 0.475 bits per heavy atom. The van der Waals surface area contributed by atoms with Crippen molar-refractivity contribution in [2.24, 2.45) is 0 Å². The van der Waals surface area contributed by atoms with Crippen LogP contribution in [0.4, 0.5) is 0 Å². The minimum atomic E-state index is 0.309. The van der Waals surface area contributed by atoms with Gasteiger partial charge in [-0.15, -0.1) is 0 Å². The van der Waals surface area contributed by atoms with Crippen LogP contribution in [0, 0.1) is 0 Å². The fraction of sp³-hybridized carbons (Fsp3) is 0.200. The number of fused-ring (bicyclic) bond motifs is 22. The maximum absolute atomic E-state index is 7.07. The molecule has 20 heteroatoms. The van der Waals surface area contributed by atoms with Crippen LogP contribution >= 0.6 is 0 Å². The van der Waals surface area contributed by atoms with E-state index in [9.17, 15) is 0 Å². The van der Waals surface area contributed by atoms with Crippen molar-refractivity contribution in [1.29, 1.82) is 0 Å². The smallest absolute Gasteiger partial charge is 0.170 e. The standard InChI is InChI=1S/C100H86N16O4/c1-5-9-13-25-61-33-41-65(42-34-61)117-85-57-73-74(58-86(85)118-66-43-35-62(36-44-66)26-14-10-6-2)98-112-94-71-55-83-84(108-92(80-32-20-24-52-104-80)91(107-83)79-31-19-23-51-103-79)56-72(71)96(110-94)114-100-76-60-88(120-68-47-39-64(40-48-68)28-16-12-8-4)87(119-67-45-37-63(38-46-67)27-15-11-7-3)59-75(76)99(116-100)113-95-70-54-82-81(53-69(70)93(109-95)111-97(73)115-98)105-89(77-29-17-21-49-101-77)90(106-82)78-30-18-22-50-102-78/h17-24,29-60H,5-16,25-28H2,1-4H3,(H2,109,110,111,112,113,114,115,116). The molecule has 0 spiro atoms. The summed E-state index contributed by atoms with van der Waals surface area (Å²) in [5, 5.41) is 2.61. The Morgan fingerprint density at radius 3 is 0.683 bits per heavy atom. The Labute approximate surface area is 693 Å². The second kappa shape index (κ2) is 34.0. The lowest BCUT2D eigenvalue weighted by molar-refractivity contribution is 0.419. The summed E-state index contributed by atoms with van der Waals surface area (Å²) in [7, 11) is 0. The Balaban J connectivity index is 0.891. The number of rotatable bonds is 28. The van der Waals surface area contributed by atoms with Crippen molar-refractivity contribution in [2.75, 3.05) is 0 Å². The van der Waals surface area contributed by atoms with Gasteiger partial charge in [0.05, 0.1) is 44.8 Å². The fourth-order valence-electron chi connectivity index (χ4n) is 15.7.